The predicted octanol–water partition coefficient (Wildman–Crippen LogP) is 4.68. The van der Waals surface area contributed by atoms with Crippen LogP contribution in [0.25, 0.3) is 22.0 Å². The molecule has 0 aliphatic carbocycles. The van der Waals surface area contributed by atoms with Crippen LogP contribution in [0.3, 0.4) is 0 Å². The molecule has 20 heavy (non-hydrogen) atoms. The van der Waals surface area contributed by atoms with Gasteiger partial charge in [0.1, 0.15) is 5.82 Å². The zero-order valence-corrected chi connectivity index (χ0v) is 13.2. The molecular weight excluding hydrogens is 334 g/mol. The number of halogens is 1. The van der Waals surface area contributed by atoms with E-state index in [0.29, 0.717) is 0 Å². The first-order valence-electron chi connectivity index (χ1n) is 6.13. The molecule has 0 radical (unpaired) electrons. The molecule has 0 saturated heterocycles. The lowest BCUT2D eigenvalue weighted by molar-refractivity contribution is 1.17. The standard InChI is InChI=1S/C15H12BrN3S/c1-17-13-9-12(14-11(16)7-8-20-14)18-15(19-13)10-5-3-2-4-6-10/h2-9H,1H3,(H,17,18,19). The number of thiophene rings is 1. The Balaban J connectivity index is 2.15. The minimum Gasteiger partial charge on any atom is -0.373 e. The number of hydrogen-bond donors (Lipinski definition) is 1. The number of nitrogens with one attached hydrogen (secondary N) is 1. The second-order valence-electron chi connectivity index (χ2n) is 4.18. The molecule has 0 amide bonds. The van der Waals surface area contributed by atoms with E-state index in [1.807, 2.05) is 54.9 Å². The van der Waals surface area contributed by atoms with Crippen LogP contribution in [-0.2, 0) is 0 Å². The van der Waals surface area contributed by atoms with E-state index in [1.54, 1.807) is 11.3 Å². The maximum absolute atomic E-state index is 4.68. The van der Waals surface area contributed by atoms with E-state index in [9.17, 15) is 0 Å². The number of aromatic nitrogens is 2. The summed E-state index contributed by atoms with van der Waals surface area (Å²) < 4.78 is 1.06. The first-order valence-corrected chi connectivity index (χ1v) is 7.81. The van der Waals surface area contributed by atoms with Gasteiger partial charge in [-0.2, -0.15) is 0 Å². The van der Waals surface area contributed by atoms with Crippen molar-refractivity contribution in [3.8, 4) is 22.0 Å². The zero-order valence-electron chi connectivity index (χ0n) is 10.8. The summed E-state index contributed by atoms with van der Waals surface area (Å²) in [6.07, 6.45) is 0. The summed E-state index contributed by atoms with van der Waals surface area (Å²) in [5.74, 6) is 1.54. The quantitative estimate of drug-likeness (QED) is 0.749. The molecule has 0 aliphatic rings. The summed E-state index contributed by atoms with van der Waals surface area (Å²) >= 11 is 5.22. The Hall–Kier alpha value is -1.72. The molecular formula is C15H12BrN3S. The van der Waals surface area contributed by atoms with E-state index < -0.39 is 0 Å². The van der Waals surface area contributed by atoms with Crippen molar-refractivity contribution in [2.45, 2.75) is 0 Å². The molecule has 0 atom stereocenters. The van der Waals surface area contributed by atoms with Gasteiger partial charge in [-0.3, -0.25) is 0 Å². The molecule has 100 valence electrons. The van der Waals surface area contributed by atoms with Gasteiger partial charge in [0.25, 0.3) is 0 Å². The fraction of sp³-hybridized carbons (Fsp3) is 0.0667. The summed E-state index contributed by atoms with van der Waals surface area (Å²) in [5.41, 5.74) is 1.93. The van der Waals surface area contributed by atoms with Crippen LogP contribution in [0, 0.1) is 0 Å². The van der Waals surface area contributed by atoms with Gasteiger partial charge < -0.3 is 5.32 Å². The molecule has 0 aliphatic heterocycles. The maximum atomic E-state index is 4.68. The summed E-state index contributed by atoms with van der Waals surface area (Å²) in [5, 5.41) is 5.14. The molecule has 1 N–H and O–H groups in total. The Morgan fingerprint density at radius 3 is 2.55 bits per heavy atom. The van der Waals surface area contributed by atoms with Crippen LogP contribution in [0.5, 0.6) is 0 Å². The van der Waals surface area contributed by atoms with Crippen LogP contribution in [0.4, 0.5) is 5.82 Å². The van der Waals surface area contributed by atoms with Crippen molar-refractivity contribution in [2.75, 3.05) is 12.4 Å². The highest BCUT2D eigenvalue weighted by molar-refractivity contribution is 9.10. The second-order valence-corrected chi connectivity index (χ2v) is 5.95. The maximum Gasteiger partial charge on any atom is 0.162 e. The lowest BCUT2D eigenvalue weighted by atomic mass is 10.2. The van der Waals surface area contributed by atoms with E-state index in [1.165, 1.54) is 0 Å². The Morgan fingerprint density at radius 2 is 1.90 bits per heavy atom. The molecule has 0 saturated carbocycles. The van der Waals surface area contributed by atoms with Crippen LogP contribution < -0.4 is 5.32 Å². The monoisotopic (exact) mass is 345 g/mol. The Morgan fingerprint density at radius 1 is 1.10 bits per heavy atom. The fourth-order valence-corrected chi connectivity index (χ4v) is 3.42. The summed E-state index contributed by atoms with van der Waals surface area (Å²) in [6.45, 7) is 0. The molecule has 3 aromatic rings. The predicted molar refractivity (Wildman–Crippen MR) is 88.0 cm³/mol. The van der Waals surface area contributed by atoms with Gasteiger partial charge in [0.05, 0.1) is 10.6 Å². The van der Waals surface area contributed by atoms with E-state index >= 15 is 0 Å². The van der Waals surface area contributed by atoms with Gasteiger partial charge in [0, 0.05) is 23.2 Å². The lowest BCUT2D eigenvalue weighted by Gasteiger charge is -2.07. The fourth-order valence-electron chi connectivity index (χ4n) is 1.88. The minimum absolute atomic E-state index is 0.729. The van der Waals surface area contributed by atoms with Crippen molar-refractivity contribution in [1.29, 1.82) is 0 Å². The van der Waals surface area contributed by atoms with Crippen LogP contribution in [0.1, 0.15) is 0 Å². The molecule has 2 aromatic heterocycles. The molecule has 0 spiro atoms. The largest absolute Gasteiger partial charge is 0.373 e. The van der Waals surface area contributed by atoms with Crippen molar-refractivity contribution in [3.05, 3.63) is 52.3 Å². The van der Waals surface area contributed by atoms with Gasteiger partial charge >= 0.3 is 0 Å². The van der Waals surface area contributed by atoms with E-state index in [0.717, 1.165) is 32.2 Å². The van der Waals surface area contributed by atoms with Gasteiger partial charge in [0.2, 0.25) is 0 Å². The van der Waals surface area contributed by atoms with Crippen LogP contribution in [0.15, 0.2) is 52.3 Å². The number of nitrogens with zero attached hydrogens (tertiary/aromatic N) is 2. The number of anilines is 1. The molecule has 1 aromatic carbocycles. The third kappa shape index (κ3) is 2.59. The number of benzene rings is 1. The average molecular weight is 346 g/mol. The van der Waals surface area contributed by atoms with Crippen LogP contribution in [-0.4, -0.2) is 17.0 Å². The topological polar surface area (TPSA) is 37.8 Å². The third-order valence-corrected chi connectivity index (χ3v) is 4.72. The van der Waals surface area contributed by atoms with Gasteiger partial charge in [0.15, 0.2) is 5.82 Å². The van der Waals surface area contributed by atoms with Crippen LogP contribution in [0.2, 0.25) is 0 Å². The molecule has 0 bridgehead atoms. The highest BCUT2D eigenvalue weighted by atomic mass is 79.9. The Kier molecular flexibility index (Phi) is 3.80. The smallest absolute Gasteiger partial charge is 0.162 e. The molecule has 3 rings (SSSR count). The zero-order chi connectivity index (χ0) is 13.9. The van der Waals surface area contributed by atoms with Crippen LogP contribution >= 0.6 is 27.3 Å². The van der Waals surface area contributed by atoms with Gasteiger partial charge in [-0.15, -0.1) is 11.3 Å². The molecule has 5 heteroatoms. The first kappa shape index (κ1) is 13.3. The van der Waals surface area contributed by atoms with Crippen molar-refractivity contribution in [1.82, 2.24) is 9.97 Å². The van der Waals surface area contributed by atoms with Crippen molar-refractivity contribution >= 4 is 33.1 Å². The van der Waals surface area contributed by atoms with E-state index in [-0.39, 0.29) is 0 Å². The summed E-state index contributed by atoms with van der Waals surface area (Å²) in [7, 11) is 1.87. The molecule has 3 nitrogen and oxygen atoms in total. The molecule has 2 heterocycles. The molecule has 0 unspecified atom stereocenters. The summed E-state index contributed by atoms with van der Waals surface area (Å²) in [4.78, 5) is 10.3. The van der Waals surface area contributed by atoms with Gasteiger partial charge in [-0.25, -0.2) is 9.97 Å². The number of hydrogen-bond acceptors (Lipinski definition) is 4. The lowest BCUT2D eigenvalue weighted by Crippen LogP contribution is -1.98. The normalized spacial score (nSPS) is 10.5. The van der Waals surface area contributed by atoms with E-state index in [4.69, 9.17) is 0 Å². The highest BCUT2D eigenvalue weighted by Gasteiger charge is 2.11. The van der Waals surface area contributed by atoms with Crippen molar-refractivity contribution in [2.24, 2.45) is 0 Å². The van der Waals surface area contributed by atoms with Gasteiger partial charge in [-0.1, -0.05) is 30.3 Å². The van der Waals surface area contributed by atoms with Gasteiger partial charge in [-0.05, 0) is 27.4 Å². The third-order valence-electron chi connectivity index (χ3n) is 2.86. The SMILES string of the molecule is CNc1cc(-c2sccc2Br)nc(-c2ccccc2)n1. The van der Waals surface area contributed by atoms with Crippen molar-refractivity contribution < 1.29 is 0 Å². The van der Waals surface area contributed by atoms with E-state index in [2.05, 4.69) is 31.2 Å². The molecule has 0 fully saturated rings. The Bertz CT molecular complexity index is 725. The van der Waals surface area contributed by atoms with Crippen molar-refractivity contribution in [3.63, 3.8) is 0 Å². The highest BCUT2D eigenvalue weighted by Crippen LogP contribution is 2.34. The number of rotatable bonds is 3. The minimum atomic E-state index is 0.729. The summed E-state index contributed by atoms with van der Waals surface area (Å²) in [6, 6.07) is 14.0. The first-order chi connectivity index (χ1) is 9.78. The average Bonchev–Trinajstić information content (AvgIpc) is 2.94. The Labute approximate surface area is 129 Å². The second kappa shape index (κ2) is 5.73.